The fourth-order valence-corrected chi connectivity index (χ4v) is 2.75. The van der Waals surface area contributed by atoms with Gasteiger partial charge in [-0.1, -0.05) is 23.4 Å². The molecular formula is C15H12N4OS. The van der Waals surface area contributed by atoms with Gasteiger partial charge in [0.1, 0.15) is 11.8 Å². The molecule has 0 saturated carbocycles. The molecule has 0 fully saturated rings. The lowest BCUT2D eigenvalue weighted by atomic mass is 10.2. The SMILES string of the molecule is Cc1ccccc1SCc1noc(-c2c[nH]c(C#N)c2)n1. The predicted octanol–water partition coefficient (Wildman–Crippen LogP) is 3.54. The summed E-state index contributed by atoms with van der Waals surface area (Å²) in [5.41, 5.74) is 2.43. The Morgan fingerprint density at radius 1 is 1.38 bits per heavy atom. The Kier molecular flexibility index (Phi) is 3.75. The third kappa shape index (κ3) is 2.98. The third-order valence-electron chi connectivity index (χ3n) is 2.97. The molecular weight excluding hydrogens is 284 g/mol. The highest BCUT2D eigenvalue weighted by molar-refractivity contribution is 7.98. The van der Waals surface area contributed by atoms with E-state index in [9.17, 15) is 0 Å². The topological polar surface area (TPSA) is 78.5 Å². The largest absolute Gasteiger partial charge is 0.352 e. The van der Waals surface area contributed by atoms with Crippen molar-refractivity contribution >= 4 is 11.8 Å². The predicted molar refractivity (Wildman–Crippen MR) is 79.5 cm³/mol. The van der Waals surface area contributed by atoms with Crippen LogP contribution in [0.25, 0.3) is 11.5 Å². The van der Waals surface area contributed by atoms with Gasteiger partial charge in [0, 0.05) is 11.1 Å². The number of aryl methyl sites for hydroxylation is 1. The van der Waals surface area contributed by atoms with Crippen molar-refractivity contribution in [2.75, 3.05) is 0 Å². The Morgan fingerprint density at radius 2 is 2.24 bits per heavy atom. The smallest absolute Gasteiger partial charge is 0.259 e. The van der Waals surface area contributed by atoms with Gasteiger partial charge in [-0.15, -0.1) is 11.8 Å². The van der Waals surface area contributed by atoms with Crippen molar-refractivity contribution in [1.29, 1.82) is 5.26 Å². The van der Waals surface area contributed by atoms with E-state index in [1.165, 1.54) is 10.5 Å². The van der Waals surface area contributed by atoms with Crippen LogP contribution in [0.15, 0.2) is 45.9 Å². The Labute approximate surface area is 126 Å². The van der Waals surface area contributed by atoms with E-state index in [4.69, 9.17) is 9.78 Å². The van der Waals surface area contributed by atoms with Crippen molar-refractivity contribution in [3.8, 4) is 17.5 Å². The molecule has 2 aromatic heterocycles. The molecule has 0 radical (unpaired) electrons. The third-order valence-corrected chi connectivity index (χ3v) is 4.14. The quantitative estimate of drug-likeness (QED) is 0.745. The first kappa shape index (κ1) is 13.5. The van der Waals surface area contributed by atoms with Gasteiger partial charge in [-0.3, -0.25) is 0 Å². The van der Waals surface area contributed by atoms with Gasteiger partial charge in [-0.25, -0.2) is 0 Å². The van der Waals surface area contributed by atoms with E-state index in [0.29, 0.717) is 23.2 Å². The van der Waals surface area contributed by atoms with Gasteiger partial charge in [-0.2, -0.15) is 10.2 Å². The minimum atomic E-state index is 0.424. The molecule has 1 aromatic carbocycles. The van der Waals surface area contributed by atoms with Gasteiger partial charge in [-0.05, 0) is 24.6 Å². The molecule has 0 spiro atoms. The lowest BCUT2D eigenvalue weighted by molar-refractivity contribution is 0.425. The minimum absolute atomic E-state index is 0.424. The number of thioether (sulfide) groups is 1. The number of aromatic amines is 1. The van der Waals surface area contributed by atoms with E-state index < -0.39 is 0 Å². The molecule has 21 heavy (non-hydrogen) atoms. The summed E-state index contributed by atoms with van der Waals surface area (Å²) < 4.78 is 5.22. The summed E-state index contributed by atoms with van der Waals surface area (Å²) in [7, 11) is 0. The van der Waals surface area contributed by atoms with Crippen LogP contribution in [-0.4, -0.2) is 15.1 Å². The van der Waals surface area contributed by atoms with Gasteiger partial charge in [0.2, 0.25) is 0 Å². The lowest BCUT2D eigenvalue weighted by Crippen LogP contribution is -1.85. The van der Waals surface area contributed by atoms with Crippen LogP contribution in [0.3, 0.4) is 0 Å². The number of hydrogen-bond donors (Lipinski definition) is 1. The van der Waals surface area contributed by atoms with Crippen LogP contribution < -0.4 is 0 Å². The maximum absolute atomic E-state index is 8.79. The van der Waals surface area contributed by atoms with E-state index in [0.717, 1.165) is 5.56 Å². The summed E-state index contributed by atoms with van der Waals surface area (Å²) in [6.07, 6.45) is 1.68. The number of nitrogens with one attached hydrogen (secondary N) is 1. The molecule has 0 aliphatic rings. The molecule has 2 heterocycles. The molecule has 3 rings (SSSR count). The zero-order chi connectivity index (χ0) is 14.7. The van der Waals surface area contributed by atoms with Gasteiger partial charge in [0.15, 0.2) is 5.82 Å². The Bertz CT molecular complexity index is 800. The summed E-state index contributed by atoms with van der Waals surface area (Å²) in [6, 6.07) is 11.9. The molecule has 0 unspecified atom stereocenters. The number of aromatic nitrogens is 3. The number of benzene rings is 1. The maximum atomic E-state index is 8.79. The summed E-state index contributed by atoms with van der Waals surface area (Å²) >= 11 is 1.67. The first-order chi connectivity index (χ1) is 10.3. The van der Waals surface area contributed by atoms with Crippen molar-refractivity contribution in [2.45, 2.75) is 17.6 Å². The summed E-state index contributed by atoms with van der Waals surface area (Å²) in [4.78, 5) is 8.39. The number of H-pyrrole nitrogens is 1. The van der Waals surface area contributed by atoms with Crippen LogP contribution in [0.1, 0.15) is 17.1 Å². The van der Waals surface area contributed by atoms with Gasteiger partial charge >= 0.3 is 0 Å². The van der Waals surface area contributed by atoms with Crippen molar-refractivity contribution < 1.29 is 4.52 Å². The molecule has 0 saturated heterocycles. The first-order valence-electron chi connectivity index (χ1n) is 6.36. The average Bonchev–Trinajstić information content (AvgIpc) is 3.15. The second-order valence-electron chi connectivity index (χ2n) is 4.48. The van der Waals surface area contributed by atoms with E-state index in [2.05, 4.69) is 34.2 Å². The minimum Gasteiger partial charge on any atom is -0.352 e. The normalized spacial score (nSPS) is 10.5. The van der Waals surface area contributed by atoms with Gasteiger partial charge < -0.3 is 9.51 Å². The Morgan fingerprint density at radius 3 is 3.00 bits per heavy atom. The van der Waals surface area contributed by atoms with Gasteiger partial charge in [0.05, 0.1) is 11.3 Å². The highest BCUT2D eigenvalue weighted by Gasteiger charge is 2.11. The van der Waals surface area contributed by atoms with Crippen LogP contribution in [0.5, 0.6) is 0 Å². The van der Waals surface area contributed by atoms with Crippen LogP contribution in [0, 0.1) is 18.3 Å². The fraction of sp³-hybridized carbons (Fsp3) is 0.133. The molecule has 0 bridgehead atoms. The van der Waals surface area contributed by atoms with Crippen LogP contribution >= 0.6 is 11.8 Å². The van der Waals surface area contributed by atoms with E-state index in [1.54, 1.807) is 24.0 Å². The molecule has 6 heteroatoms. The van der Waals surface area contributed by atoms with E-state index in [-0.39, 0.29) is 0 Å². The van der Waals surface area contributed by atoms with Crippen molar-refractivity contribution in [3.63, 3.8) is 0 Å². The molecule has 0 aliphatic heterocycles. The molecule has 1 N–H and O–H groups in total. The Balaban J connectivity index is 1.71. The van der Waals surface area contributed by atoms with Crippen molar-refractivity contribution in [2.24, 2.45) is 0 Å². The summed E-state index contributed by atoms with van der Waals surface area (Å²) in [6.45, 7) is 2.08. The second-order valence-corrected chi connectivity index (χ2v) is 5.50. The molecule has 104 valence electrons. The van der Waals surface area contributed by atoms with Gasteiger partial charge in [0.25, 0.3) is 5.89 Å². The standard InChI is InChI=1S/C15H12N4OS/c1-10-4-2-3-5-13(10)21-9-14-18-15(20-19-14)11-6-12(7-16)17-8-11/h2-6,8,17H,9H2,1H3. The summed E-state index contributed by atoms with van der Waals surface area (Å²) in [5.74, 6) is 1.70. The highest BCUT2D eigenvalue weighted by Crippen LogP contribution is 2.26. The zero-order valence-corrected chi connectivity index (χ0v) is 12.1. The van der Waals surface area contributed by atoms with Crippen molar-refractivity contribution in [3.05, 3.63) is 53.6 Å². The fourth-order valence-electron chi connectivity index (χ4n) is 1.87. The summed E-state index contributed by atoms with van der Waals surface area (Å²) in [5, 5.41) is 12.8. The lowest BCUT2D eigenvalue weighted by Gasteiger charge is -2.01. The number of hydrogen-bond acceptors (Lipinski definition) is 5. The molecule has 0 amide bonds. The molecule has 5 nitrogen and oxygen atoms in total. The van der Waals surface area contributed by atoms with Crippen molar-refractivity contribution in [1.82, 2.24) is 15.1 Å². The highest BCUT2D eigenvalue weighted by atomic mass is 32.2. The number of rotatable bonds is 4. The molecule has 0 atom stereocenters. The number of nitriles is 1. The second kappa shape index (κ2) is 5.85. The zero-order valence-electron chi connectivity index (χ0n) is 11.3. The van der Waals surface area contributed by atoms with Crippen LogP contribution in [0.4, 0.5) is 0 Å². The molecule has 0 aliphatic carbocycles. The van der Waals surface area contributed by atoms with Crippen LogP contribution in [0.2, 0.25) is 0 Å². The van der Waals surface area contributed by atoms with E-state index >= 15 is 0 Å². The van der Waals surface area contributed by atoms with E-state index in [1.807, 2.05) is 18.2 Å². The van der Waals surface area contributed by atoms with Crippen LogP contribution in [-0.2, 0) is 5.75 Å². The monoisotopic (exact) mass is 296 g/mol. The molecule has 3 aromatic rings. The maximum Gasteiger partial charge on any atom is 0.259 e. The number of nitrogens with zero attached hydrogens (tertiary/aromatic N) is 3. The average molecular weight is 296 g/mol. The first-order valence-corrected chi connectivity index (χ1v) is 7.35. The Hall–Kier alpha value is -2.52.